The highest BCUT2D eigenvalue weighted by atomic mass is 16.5. The number of phenolic OH excluding ortho intramolecular Hbond substituents is 1. The van der Waals surface area contributed by atoms with Crippen LogP contribution < -0.4 is 10.6 Å². The Kier molecular flexibility index (Phi) is 8.76. The van der Waals surface area contributed by atoms with Crippen molar-refractivity contribution in [1.29, 1.82) is 0 Å². The zero-order valence-corrected chi connectivity index (χ0v) is 18.3. The predicted molar refractivity (Wildman–Crippen MR) is 118 cm³/mol. The van der Waals surface area contributed by atoms with Crippen molar-refractivity contribution >= 4 is 29.4 Å². The van der Waals surface area contributed by atoms with Crippen LogP contribution in [0.5, 0.6) is 5.75 Å². The number of hydrogen-bond acceptors (Lipinski definition) is 6. The van der Waals surface area contributed by atoms with Gasteiger partial charge in [-0.3, -0.25) is 19.2 Å². The zero-order valence-electron chi connectivity index (χ0n) is 18.3. The predicted octanol–water partition coefficient (Wildman–Crippen LogP) is 1.77. The summed E-state index contributed by atoms with van der Waals surface area (Å²) in [6.07, 6.45) is -0.150. The topological polar surface area (TPSA) is 125 Å². The van der Waals surface area contributed by atoms with Crippen LogP contribution in [0, 0.1) is 13.8 Å². The fourth-order valence-electron chi connectivity index (χ4n) is 2.67. The van der Waals surface area contributed by atoms with Gasteiger partial charge < -0.3 is 25.4 Å². The molecular weight excluding hydrogens is 414 g/mol. The van der Waals surface area contributed by atoms with Crippen molar-refractivity contribution in [3.63, 3.8) is 0 Å². The molecular formula is C23H27N3O6. The van der Waals surface area contributed by atoms with Gasteiger partial charge in [-0.25, -0.2) is 0 Å². The average Bonchev–Trinajstić information content (AvgIpc) is 2.73. The quantitative estimate of drug-likeness (QED) is 0.510. The van der Waals surface area contributed by atoms with Crippen molar-refractivity contribution in [3.8, 4) is 5.75 Å². The minimum absolute atomic E-state index is 0.0199. The van der Waals surface area contributed by atoms with Crippen molar-refractivity contribution < 1.29 is 29.0 Å². The summed E-state index contributed by atoms with van der Waals surface area (Å²) in [5.41, 5.74) is 2.59. The number of amides is 3. The molecule has 0 aliphatic heterocycles. The maximum Gasteiger partial charge on any atom is 0.308 e. The minimum Gasteiger partial charge on any atom is -0.507 e. The van der Waals surface area contributed by atoms with Gasteiger partial charge in [-0.1, -0.05) is 23.8 Å². The van der Waals surface area contributed by atoms with E-state index < -0.39 is 24.4 Å². The Bertz CT molecular complexity index is 988. The summed E-state index contributed by atoms with van der Waals surface area (Å²) in [6, 6.07) is 11.9. The molecule has 170 valence electrons. The molecule has 0 spiro atoms. The summed E-state index contributed by atoms with van der Waals surface area (Å²) >= 11 is 0. The normalized spacial score (nSPS) is 10.2. The molecule has 2 aromatic rings. The fraction of sp³-hybridized carbons (Fsp3) is 0.304. The number of carbonyl (C=O) groups is 4. The van der Waals surface area contributed by atoms with E-state index in [1.165, 1.54) is 19.2 Å². The molecule has 0 atom stereocenters. The molecule has 0 radical (unpaired) electrons. The van der Waals surface area contributed by atoms with Crippen LogP contribution in [0.25, 0.3) is 0 Å². The van der Waals surface area contributed by atoms with Gasteiger partial charge in [0, 0.05) is 19.3 Å². The van der Waals surface area contributed by atoms with E-state index in [1.54, 1.807) is 25.1 Å². The van der Waals surface area contributed by atoms with Crippen molar-refractivity contribution in [2.45, 2.75) is 20.3 Å². The summed E-state index contributed by atoms with van der Waals surface area (Å²) < 4.78 is 4.90. The molecule has 2 aromatic carbocycles. The van der Waals surface area contributed by atoms with E-state index in [9.17, 15) is 24.3 Å². The van der Waals surface area contributed by atoms with Crippen LogP contribution in [0.3, 0.4) is 0 Å². The Morgan fingerprint density at radius 2 is 1.66 bits per heavy atom. The highest BCUT2D eigenvalue weighted by Crippen LogP contribution is 2.18. The SMILES string of the molecule is Cc1ccc(NC(=O)CN(C)C(=O)COC(=O)CCNC(=O)c2ccc(C)cc2O)cc1. The molecule has 32 heavy (non-hydrogen) atoms. The van der Waals surface area contributed by atoms with E-state index in [0.717, 1.165) is 16.0 Å². The fourth-order valence-corrected chi connectivity index (χ4v) is 2.67. The number of ether oxygens (including phenoxy) is 1. The first-order chi connectivity index (χ1) is 15.2. The largest absolute Gasteiger partial charge is 0.507 e. The molecule has 9 heteroatoms. The number of nitrogens with zero attached hydrogens (tertiary/aromatic N) is 1. The van der Waals surface area contributed by atoms with Gasteiger partial charge in [0.05, 0.1) is 18.5 Å². The van der Waals surface area contributed by atoms with E-state index in [2.05, 4.69) is 10.6 Å². The molecule has 9 nitrogen and oxygen atoms in total. The summed E-state index contributed by atoms with van der Waals surface area (Å²) in [5, 5.41) is 15.0. The lowest BCUT2D eigenvalue weighted by atomic mass is 10.1. The lowest BCUT2D eigenvalue weighted by Crippen LogP contribution is -2.37. The summed E-state index contributed by atoms with van der Waals surface area (Å²) in [7, 11) is 1.43. The Morgan fingerprint density at radius 1 is 1.00 bits per heavy atom. The number of rotatable bonds is 9. The molecule has 0 fully saturated rings. The molecule has 2 rings (SSSR count). The van der Waals surface area contributed by atoms with Crippen molar-refractivity contribution in [2.75, 3.05) is 32.1 Å². The Balaban J connectivity index is 1.68. The number of benzene rings is 2. The van der Waals surface area contributed by atoms with E-state index in [0.29, 0.717) is 5.69 Å². The monoisotopic (exact) mass is 441 g/mol. The standard InChI is InChI=1S/C23H27N3O6/c1-15-4-7-17(8-5-15)25-20(28)13-26(3)21(29)14-32-22(30)10-11-24-23(31)18-9-6-16(2)12-19(18)27/h4-9,12,27H,10-11,13-14H2,1-3H3,(H,24,31)(H,25,28). The molecule has 0 heterocycles. The van der Waals surface area contributed by atoms with Crippen molar-refractivity contribution in [2.24, 2.45) is 0 Å². The summed E-state index contributed by atoms with van der Waals surface area (Å²) in [6.45, 7) is 2.99. The Morgan fingerprint density at radius 3 is 2.31 bits per heavy atom. The molecule has 3 amide bonds. The highest BCUT2D eigenvalue weighted by molar-refractivity contribution is 5.97. The van der Waals surface area contributed by atoms with Gasteiger partial charge >= 0.3 is 5.97 Å². The third kappa shape index (κ3) is 7.75. The van der Waals surface area contributed by atoms with Crippen molar-refractivity contribution in [3.05, 3.63) is 59.2 Å². The van der Waals surface area contributed by atoms with Crippen LogP contribution in [0.15, 0.2) is 42.5 Å². The first-order valence-corrected chi connectivity index (χ1v) is 9.99. The highest BCUT2D eigenvalue weighted by Gasteiger charge is 2.16. The second-order valence-electron chi connectivity index (χ2n) is 7.35. The van der Waals surface area contributed by atoms with E-state index in [1.807, 2.05) is 19.1 Å². The summed E-state index contributed by atoms with van der Waals surface area (Å²) in [4.78, 5) is 49.1. The van der Waals surface area contributed by atoms with Crippen molar-refractivity contribution in [1.82, 2.24) is 10.2 Å². The first-order valence-electron chi connectivity index (χ1n) is 9.99. The molecule has 3 N–H and O–H groups in total. The number of esters is 1. The molecule has 0 aromatic heterocycles. The van der Waals surface area contributed by atoms with Gasteiger partial charge in [-0.15, -0.1) is 0 Å². The third-order valence-electron chi connectivity index (χ3n) is 4.51. The lowest BCUT2D eigenvalue weighted by molar-refractivity contribution is -0.151. The second kappa shape index (κ2) is 11.5. The number of anilines is 1. The number of aromatic hydroxyl groups is 1. The van der Waals surface area contributed by atoms with E-state index in [4.69, 9.17) is 4.74 Å². The van der Waals surface area contributed by atoms with Crippen LogP contribution in [-0.4, -0.2) is 60.4 Å². The Hall–Kier alpha value is -3.88. The van der Waals surface area contributed by atoms with Crippen LogP contribution in [-0.2, 0) is 19.1 Å². The average molecular weight is 441 g/mol. The molecule has 0 saturated carbocycles. The number of hydrogen-bond donors (Lipinski definition) is 3. The molecule has 0 aliphatic carbocycles. The summed E-state index contributed by atoms with van der Waals surface area (Å²) in [5.74, 6) is -2.26. The van der Waals surface area contributed by atoms with Gasteiger partial charge in [0.25, 0.3) is 11.8 Å². The van der Waals surface area contributed by atoms with Crippen LogP contribution >= 0.6 is 0 Å². The molecule has 0 unspecified atom stereocenters. The molecule has 0 bridgehead atoms. The molecule has 0 aliphatic rings. The zero-order chi connectivity index (χ0) is 23.7. The lowest BCUT2D eigenvalue weighted by Gasteiger charge is -2.17. The third-order valence-corrected chi connectivity index (χ3v) is 4.51. The Labute approximate surface area is 186 Å². The number of carbonyl (C=O) groups excluding carboxylic acids is 4. The van der Waals surface area contributed by atoms with Gasteiger partial charge in [-0.05, 0) is 43.7 Å². The molecule has 0 saturated heterocycles. The maximum absolute atomic E-state index is 12.1. The number of likely N-dealkylation sites (N-methyl/N-ethyl adjacent to an activating group) is 1. The number of aryl methyl sites for hydroxylation is 2. The number of phenols is 1. The first kappa shape index (κ1) is 24.4. The maximum atomic E-state index is 12.1. The minimum atomic E-state index is -0.677. The van der Waals surface area contributed by atoms with Crippen LogP contribution in [0.4, 0.5) is 5.69 Å². The van der Waals surface area contributed by atoms with E-state index in [-0.39, 0.29) is 36.7 Å². The van der Waals surface area contributed by atoms with E-state index >= 15 is 0 Å². The smallest absolute Gasteiger partial charge is 0.308 e. The van der Waals surface area contributed by atoms with Gasteiger partial charge in [0.15, 0.2) is 6.61 Å². The second-order valence-corrected chi connectivity index (χ2v) is 7.35. The van der Waals surface area contributed by atoms with Crippen LogP contribution in [0.1, 0.15) is 27.9 Å². The number of nitrogens with one attached hydrogen (secondary N) is 2. The van der Waals surface area contributed by atoms with Gasteiger partial charge in [0.2, 0.25) is 5.91 Å². The van der Waals surface area contributed by atoms with Gasteiger partial charge in [0.1, 0.15) is 5.75 Å². The van der Waals surface area contributed by atoms with Crippen LogP contribution in [0.2, 0.25) is 0 Å². The van der Waals surface area contributed by atoms with Gasteiger partial charge in [-0.2, -0.15) is 0 Å².